The minimum atomic E-state index is -0.622. The fourth-order valence-corrected chi connectivity index (χ4v) is 10.4. The summed E-state index contributed by atoms with van der Waals surface area (Å²) in [6.07, 6.45) is 9.32. The van der Waals surface area contributed by atoms with Crippen molar-refractivity contribution in [1.82, 2.24) is 39.9 Å². The van der Waals surface area contributed by atoms with Gasteiger partial charge in [0, 0.05) is 109 Å². The lowest BCUT2D eigenvalue weighted by molar-refractivity contribution is -0.511. The van der Waals surface area contributed by atoms with Gasteiger partial charge in [-0.2, -0.15) is 4.79 Å². The topological polar surface area (TPSA) is 136 Å². The molecule has 312 valence electrons. The molecule has 1 aliphatic carbocycles. The van der Waals surface area contributed by atoms with Crippen LogP contribution in [0.2, 0.25) is 5.02 Å². The van der Waals surface area contributed by atoms with E-state index in [0.717, 1.165) is 152 Å². The van der Waals surface area contributed by atoms with Gasteiger partial charge in [0.1, 0.15) is 29.4 Å². The number of aromatic amines is 1. The van der Waals surface area contributed by atoms with Gasteiger partial charge in [0.05, 0.1) is 23.0 Å². The number of amidine groups is 1. The Bertz CT molecular complexity index is 1970. The van der Waals surface area contributed by atoms with E-state index >= 15 is 0 Å². The van der Waals surface area contributed by atoms with Crippen LogP contribution in [0.4, 0.5) is 10.6 Å². The second kappa shape index (κ2) is 15.7. The molecule has 15 heteroatoms. The first-order chi connectivity index (χ1) is 27.9. The summed E-state index contributed by atoms with van der Waals surface area (Å²) in [5.41, 5.74) is 0.411. The van der Waals surface area contributed by atoms with Crippen molar-refractivity contribution >= 4 is 46.3 Å². The number of halogens is 1. The zero-order valence-corrected chi connectivity index (χ0v) is 35.2. The van der Waals surface area contributed by atoms with Gasteiger partial charge in [-0.1, -0.05) is 23.7 Å². The van der Waals surface area contributed by atoms with Crippen molar-refractivity contribution in [2.75, 3.05) is 90.0 Å². The van der Waals surface area contributed by atoms with Crippen molar-refractivity contribution < 1.29 is 24.1 Å². The highest BCUT2D eigenvalue weighted by atomic mass is 35.5. The zero-order chi connectivity index (χ0) is 40.1. The highest BCUT2D eigenvalue weighted by Gasteiger charge is 2.74. The first-order valence-corrected chi connectivity index (χ1v) is 21.9. The third-order valence-corrected chi connectivity index (χ3v) is 14.0. The molecule has 7 fully saturated rings. The average Bonchev–Trinajstić information content (AvgIpc) is 3.53. The molecule has 0 radical (unpaired) electrons. The van der Waals surface area contributed by atoms with Crippen LogP contribution < -0.4 is 15.2 Å². The Morgan fingerprint density at radius 1 is 0.914 bits per heavy atom. The summed E-state index contributed by atoms with van der Waals surface area (Å²) in [4.78, 5) is 55.4. The van der Waals surface area contributed by atoms with Crippen molar-refractivity contribution in [2.45, 2.75) is 88.5 Å². The molecule has 0 unspecified atom stereocenters. The SMILES string of the molecule is CC(C)(C)OC(=O)N1C(=[NH+][C@@H](CCN2CCN(C(=O)C34CCC(CN5CCNCC5)(CC3)OC4)CC2)c2ccc(Cl)cc2)C12CCN(c1ncnc3[nH]ccc13)CC2. The van der Waals surface area contributed by atoms with Crippen LogP contribution in [0.25, 0.3) is 11.0 Å². The Morgan fingerprint density at radius 2 is 1.64 bits per heavy atom. The molecular weight excluding hydrogens is 756 g/mol. The van der Waals surface area contributed by atoms with E-state index < -0.39 is 11.1 Å². The molecule has 6 saturated heterocycles. The van der Waals surface area contributed by atoms with Crippen molar-refractivity contribution in [2.24, 2.45) is 5.41 Å². The Labute approximate surface area is 346 Å². The normalized spacial score (nSPS) is 27.7. The van der Waals surface area contributed by atoms with Crippen molar-refractivity contribution in [3.8, 4) is 0 Å². The molecule has 8 heterocycles. The number of fused-ring (bicyclic) bond motifs is 4. The number of rotatable bonds is 9. The van der Waals surface area contributed by atoms with Gasteiger partial charge >= 0.3 is 11.9 Å². The third-order valence-electron chi connectivity index (χ3n) is 13.8. The molecule has 1 spiro atoms. The fraction of sp³-hybridized carbons (Fsp3) is 0.651. The van der Waals surface area contributed by atoms with E-state index in [0.29, 0.717) is 17.5 Å². The number of anilines is 1. The van der Waals surface area contributed by atoms with E-state index in [1.54, 1.807) is 6.33 Å². The number of aromatic nitrogens is 3. The monoisotopic (exact) mass is 815 g/mol. The number of H-pyrrole nitrogens is 1. The molecule has 2 aromatic heterocycles. The molecule has 2 amide bonds. The second-order valence-corrected chi connectivity index (χ2v) is 19.0. The predicted octanol–water partition coefficient (Wildman–Crippen LogP) is 3.19. The van der Waals surface area contributed by atoms with E-state index in [-0.39, 0.29) is 23.2 Å². The zero-order valence-electron chi connectivity index (χ0n) is 34.4. The molecule has 6 aliphatic heterocycles. The average molecular weight is 816 g/mol. The smallest absolute Gasteiger partial charge is 0.425 e. The summed E-state index contributed by atoms with van der Waals surface area (Å²) in [6.45, 7) is 17.0. The van der Waals surface area contributed by atoms with E-state index in [2.05, 4.69) is 57.0 Å². The molecule has 7 aliphatic rings. The largest absolute Gasteiger partial charge is 0.508 e. The first-order valence-electron chi connectivity index (χ1n) is 21.5. The number of piperidine rings is 1. The lowest BCUT2D eigenvalue weighted by Gasteiger charge is -2.55. The van der Waals surface area contributed by atoms with Crippen LogP contribution >= 0.6 is 11.6 Å². The van der Waals surface area contributed by atoms with Crippen molar-refractivity contribution in [1.29, 1.82) is 0 Å². The molecule has 2 bridgehead atoms. The minimum Gasteiger partial charge on any atom is -0.425 e. The van der Waals surface area contributed by atoms with Gasteiger partial charge in [0.25, 0.3) is 0 Å². The quantitative estimate of drug-likeness (QED) is 0.277. The Hall–Kier alpha value is -3.82. The number of nitrogens with zero attached hydrogens (tertiary/aromatic N) is 7. The number of piperazine rings is 2. The summed E-state index contributed by atoms with van der Waals surface area (Å²) in [5, 5.41) is 5.14. The van der Waals surface area contributed by atoms with Gasteiger partial charge in [0.15, 0.2) is 0 Å². The summed E-state index contributed by atoms with van der Waals surface area (Å²) in [5.74, 6) is 2.13. The number of hydrogen-bond acceptors (Lipinski definition) is 10. The van der Waals surface area contributed by atoms with E-state index in [1.807, 2.05) is 50.1 Å². The molecular formula is C43H60ClN10O4+. The Kier molecular flexibility index (Phi) is 10.7. The van der Waals surface area contributed by atoms with E-state index in [4.69, 9.17) is 21.1 Å². The molecule has 3 aromatic rings. The van der Waals surface area contributed by atoms with Crippen LogP contribution in [0.3, 0.4) is 0 Å². The number of hydrogen-bond donors (Lipinski definition) is 3. The summed E-state index contributed by atoms with van der Waals surface area (Å²) in [6, 6.07) is 10.00. The van der Waals surface area contributed by atoms with Crippen LogP contribution in [0.5, 0.6) is 0 Å². The number of nitrogens with one attached hydrogen (secondary N) is 3. The molecule has 10 rings (SSSR count). The Balaban J connectivity index is 0.859. The van der Waals surface area contributed by atoms with Gasteiger partial charge in [-0.05, 0) is 70.2 Å². The lowest BCUT2D eigenvalue weighted by Crippen LogP contribution is -2.74. The summed E-state index contributed by atoms with van der Waals surface area (Å²) in [7, 11) is 0. The van der Waals surface area contributed by atoms with Crippen LogP contribution in [0.1, 0.15) is 77.3 Å². The van der Waals surface area contributed by atoms with Crippen LogP contribution in [0, 0.1) is 5.41 Å². The highest BCUT2D eigenvalue weighted by Crippen LogP contribution is 2.50. The van der Waals surface area contributed by atoms with Crippen molar-refractivity contribution in [3.63, 3.8) is 0 Å². The predicted molar refractivity (Wildman–Crippen MR) is 223 cm³/mol. The maximum atomic E-state index is 14.1. The van der Waals surface area contributed by atoms with Crippen LogP contribution in [-0.4, -0.2) is 154 Å². The number of ether oxygens (including phenoxy) is 2. The van der Waals surface area contributed by atoms with Gasteiger partial charge in [-0.15, -0.1) is 4.90 Å². The van der Waals surface area contributed by atoms with Crippen molar-refractivity contribution in [3.05, 3.63) is 53.4 Å². The van der Waals surface area contributed by atoms with Crippen LogP contribution in [0.15, 0.2) is 42.9 Å². The fourth-order valence-electron chi connectivity index (χ4n) is 10.3. The van der Waals surface area contributed by atoms with Crippen LogP contribution in [-0.2, 0) is 14.3 Å². The van der Waals surface area contributed by atoms with Gasteiger partial charge < -0.3 is 29.6 Å². The van der Waals surface area contributed by atoms with E-state index in [9.17, 15) is 9.59 Å². The standard InChI is InChI=1S/C43H59ClN10O4/c1-40(2,3)58-39(56)54-37(43(54)14-20-52(21-15-43)36-33-8-16-46-35(33)47-30-48-36)49-34(31-4-6-32(44)7-5-31)9-19-50-24-26-53(27-25-50)38(55)41-10-12-42(13-11-41,57-29-41)28-51-22-17-45-18-23-51/h4-8,16,30,34,45H,9-15,17-29H2,1-3H3,(H,46,47,48)/p+1/t34-,41?,42?,54?/m0/s1. The molecule has 3 N–H and O–H groups in total. The summed E-state index contributed by atoms with van der Waals surface area (Å²) >= 11 is 6.37. The number of carbonyl (C=O) groups excluding carboxylic acids is 2. The first kappa shape index (κ1) is 39.6. The second-order valence-electron chi connectivity index (χ2n) is 18.6. The van der Waals surface area contributed by atoms with Gasteiger partial charge in [0.2, 0.25) is 11.4 Å². The number of amides is 2. The molecule has 58 heavy (non-hydrogen) atoms. The minimum absolute atomic E-state index is 0.0578. The molecule has 1 aromatic carbocycles. The Morgan fingerprint density at radius 3 is 2.31 bits per heavy atom. The lowest BCUT2D eigenvalue weighted by atomic mass is 9.65. The van der Waals surface area contributed by atoms with Gasteiger partial charge in [-0.25, -0.2) is 9.97 Å². The number of benzene rings is 1. The molecule has 1 saturated carbocycles. The number of carbonyl (C=O) groups is 2. The third kappa shape index (κ3) is 7.82. The molecule has 1 atom stereocenters. The maximum absolute atomic E-state index is 14.1. The molecule has 14 nitrogen and oxygen atoms in total. The van der Waals surface area contributed by atoms with Gasteiger partial charge in [-0.3, -0.25) is 19.6 Å². The maximum Gasteiger partial charge on any atom is 0.508 e. The summed E-state index contributed by atoms with van der Waals surface area (Å²) < 4.78 is 12.6. The highest BCUT2D eigenvalue weighted by molar-refractivity contribution is 6.30. The van der Waals surface area contributed by atoms with E-state index in [1.165, 1.54) is 0 Å².